The van der Waals surface area contributed by atoms with Gasteiger partial charge in [0.1, 0.15) is 11.7 Å². The number of alkyl halides is 1. The molecule has 2 aliphatic rings. The van der Waals surface area contributed by atoms with Crippen molar-refractivity contribution in [2.75, 3.05) is 13.1 Å². The molecular formula is C29H38ClNO3. The van der Waals surface area contributed by atoms with E-state index in [0.29, 0.717) is 18.4 Å². The smallest absolute Gasteiger partial charge is 0.348 e. The Morgan fingerprint density at radius 1 is 1.00 bits per heavy atom. The van der Waals surface area contributed by atoms with Crippen molar-refractivity contribution in [3.63, 3.8) is 0 Å². The minimum atomic E-state index is -1.41. The van der Waals surface area contributed by atoms with Gasteiger partial charge < -0.3 is 14.4 Å². The van der Waals surface area contributed by atoms with Crippen LogP contribution in [0.1, 0.15) is 69.9 Å². The fourth-order valence-electron chi connectivity index (χ4n) is 5.54. The molecule has 4 atom stereocenters. The van der Waals surface area contributed by atoms with Gasteiger partial charge in [0.15, 0.2) is 0 Å². The van der Waals surface area contributed by atoms with E-state index in [1.54, 1.807) is 0 Å². The zero-order valence-corrected chi connectivity index (χ0v) is 21.3. The van der Waals surface area contributed by atoms with Crippen LogP contribution in [-0.4, -0.2) is 41.7 Å². The lowest BCUT2D eigenvalue weighted by Gasteiger charge is -2.36. The number of ether oxygens (including phenoxy) is 2. The van der Waals surface area contributed by atoms with Gasteiger partial charge in [0.25, 0.3) is 0 Å². The van der Waals surface area contributed by atoms with Crippen molar-refractivity contribution in [1.82, 2.24) is 4.90 Å². The van der Waals surface area contributed by atoms with Crippen LogP contribution in [-0.2, 0) is 19.9 Å². The van der Waals surface area contributed by atoms with Gasteiger partial charge in [-0.05, 0) is 75.1 Å². The maximum Gasteiger partial charge on any atom is 0.348 e. The molecule has 184 valence electrons. The van der Waals surface area contributed by atoms with E-state index in [-0.39, 0.29) is 12.1 Å². The highest BCUT2D eigenvalue weighted by atomic mass is 35.5. The van der Waals surface area contributed by atoms with Crippen LogP contribution >= 0.6 is 11.6 Å². The average Bonchev–Trinajstić information content (AvgIpc) is 3.34. The van der Waals surface area contributed by atoms with Gasteiger partial charge in [-0.25, -0.2) is 4.79 Å². The third-order valence-electron chi connectivity index (χ3n) is 7.40. The second-order valence-corrected chi connectivity index (χ2v) is 10.4. The standard InChI is InChI=1S/C29H38ClNO3/c1-3-27(30)34-29(23-12-6-4-7-13-23,24-14-8-5-9-15-24)28(32)33-26-20-22(2)16-17-25(21-26)31-18-10-11-19-31/h4-9,12-15,22,25-27H,3,10-11,16-21H2,1-2H3. The number of rotatable bonds is 8. The van der Waals surface area contributed by atoms with Crippen LogP contribution in [0.5, 0.6) is 0 Å². The molecule has 4 nitrogen and oxygen atoms in total. The summed E-state index contributed by atoms with van der Waals surface area (Å²) in [5.74, 6) is 0.147. The zero-order chi connectivity index (χ0) is 24.0. The second kappa shape index (κ2) is 11.7. The third-order valence-corrected chi connectivity index (χ3v) is 7.80. The minimum Gasteiger partial charge on any atom is -0.460 e. The number of esters is 1. The van der Waals surface area contributed by atoms with Crippen LogP contribution in [0.25, 0.3) is 0 Å². The molecule has 4 unspecified atom stereocenters. The highest BCUT2D eigenvalue weighted by Gasteiger charge is 2.48. The van der Waals surface area contributed by atoms with E-state index in [4.69, 9.17) is 21.1 Å². The first-order chi connectivity index (χ1) is 16.5. The monoisotopic (exact) mass is 483 g/mol. The Morgan fingerprint density at radius 2 is 1.59 bits per heavy atom. The number of likely N-dealkylation sites (tertiary alicyclic amines) is 1. The normalized spacial score (nSPS) is 25.0. The summed E-state index contributed by atoms with van der Waals surface area (Å²) < 4.78 is 12.8. The summed E-state index contributed by atoms with van der Waals surface area (Å²) in [6, 6.07) is 19.8. The first-order valence-corrected chi connectivity index (χ1v) is 13.3. The molecule has 34 heavy (non-hydrogen) atoms. The number of hydrogen-bond donors (Lipinski definition) is 0. The van der Waals surface area contributed by atoms with Crippen molar-refractivity contribution >= 4 is 17.6 Å². The van der Waals surface area contributed by atoms with Crippen molar-refractivity contribution in [3.8, 4) is 0 Å². The highest BCUT2D eigenvalue weighted by molar-refractivity contribution is 6.19. The van der Waals surface area contributed by atoms with E-state index in [2.05, 4.69) is 11.8 Å². The largest absolute Gasteiger partial charge is 0.460 e. The summed E-state index contributed by atoms with van der Waals surface area (Å²) in [7, 11) is 0. The molecule has 0 aromatic heterocycles. The van der Waals surface area contributed by atoms with Crippen molar-refractivity contribution in [2.45, 2.75) is 82.1 Å². The maximum atomic E-state index is 14.2. The third kappa shape index (κ3) is 5.67. The van der Waals surface area contributed by atoms with Crippen molar-refractivity contribution in [3.05, 3.63) is 71.8 Å². The summed E-state index contributed by atoms with van der Waals surface area (Å²) >= 11 is 6.56. The van der Waals surface area contributed by atoms with Gasteiger partial charge in [-0.1, -0.05) is 86.1 Å². The van der Waals surface area contributed by atoms with Crippen LogP contribution in [0.2, 0.25) is 0 Å². The van der Waals surface area contributed by atoms with E-state index in [0.717, 1.165) is 37.1 Å². The highest BCUT2D eigenvalue weighted by Crippen LogP contribution is 2.39. The molecule has 1 heterocycles. The molecule has 4 rings (SSSR count). The summed E-state index contributed by atoms with van der Waals surface area (Å²) in [4.78, 5) is 16.8. The lowest BCUT2D eigenvalue weighted by atomic mass is 9.85. The number of benzene rings is 2. The van der Waals surface area contributed by atoms with Crippen molar-refractivity contribution < 1.29 is 14.3 Å². The van der Waals surface area contributed by atoms with Crippen LogP contribution in [0, 0.1) is 5.92 Å². The maximum absolute atomic E-state index is 14.2. The molecule has 1 saturated carbocycles. The second-order valence-electron chi connectivity index (χ2n) is 9.93. The summed E-state index contributed by atoms with van der Waals surface area (Å²) in [6.45, 7) is 6.55. The molecule has 0 spiro atoms. The number of carbonyl (C=O) groups excluding carboxylic acids is 1. The first kappa shape index (κ1) is 25.2. The van der Waals surface area contributed by atoms with E-state index in [1.807, 2.05) is 67.6 Å². The van der Waals surface area contributed by atoms with Gasteiger partial charge in [0.2, 0.25) is 5.60 Å². The number of hydrogen-bond acceptors (Lipinski definition) is 4. The molecule has 0 bridgehead atoms. The van der Waals surface area contributed by atoms with Gasteiger partial charge in [0, 0.05) is 6.04 Å². The molecular weight excluding hydrogens is 446 g/mol. The zero-order valence-electron chi connectivity index (χ0n) is 20.5. The van der Waals surface area contributed by atoms with Crippen LogP contribution in [0.15, 0.2) is 60.7 Å². The lowest BCUT2D eigenvalue weighted by Crippen LogP contribution is -2.45. The fourth-order valence-corrected chi connectivity index (χ4v) is 5.67. The first-order valence-electron chi connectivity index (χ1n) is 12.9. The molecule has 0 radical (unpaired) electrons. The Bertz CT molecular complexity index is 861. The van der Waals surface area contributed by atoms with Gasteiger partial charge in [-0.2, -0.15) is 0 Å². The van der Waals surface area contributed by atoms with E-state index in [9.17, 15) is 4.79 Å². The Morgan fingerprint density at radius 3 is 2.15 bits per heavy atom. The molecule has 1 aliphatic heterocycles. The van der Waals surface area contributed by atoms with Crippen molar-refractivity contribution in [2.24, 2.45) is 5.92 Å². The fraction of sp³-hybridized carbons (Fsp3) is 0.552. The van der Waals surface area contributed by atoms with E-state index in [1.165, 1.54) is 25.7 Å². The molecule has 0 N–H and O–H groups in total. The summed E-state index contributed by atoms with van der Waals surface area (Å²) in [5.41, 5.74) is -0.562. The molecule has 2 aromatic rings. The van der Waals surface area contributed by atoms with E-state index >= 15 is 0 Å². The minimum absolute atomic E-state index is 0.138. The molecule has 0 amide bonds. The number of carbonyl (C=O) groups is 1. The molecule has 2 fully saturated rings. The Balaban J connectivity index is 1.68. The Labute approximate surface area is 209 Å². The molecule has 5 heteroatoms. The Hall–Kier alpha value is -1.88. The van der Waals surface area contributed by atoms with Gasteiger partial charge in [-0.15, -0.1) is 0 Å². The van der Waals surface area contributed by atoms with Gasteiger partial charge in [-0.3, -0.25) is 0 Å². The van der Waals surface area contributed by atoms with Crippen LogP contribution < -0.4 is 0 Å². The van der Waals surface area contributed by atoms with Gasteiger partial charge >= 0.3 is 5.97 Å². The van der Waals surface area contributed by atoms with E-state index < -0.39 is 11.2 Å². The molecule has 2 aromatic carbocycles. The topological polar surface area (TPSA) is 38.8 Å². The number of nitrogens with zero attached hydrogens (tertiary/aromatic N) is 1. The number of halogens is 1. The Kier molecular flexibility index (Phi) is 8.68. The molecule has 1 saturated heterocycles. The summed E-state index contributed by atoms with van der Waals surface area (Å²) in [5, 5.41) is 0. The molecule has 1 aliphatic carbocycles. The van der Waals surface area contributed by atoms with Crippen molar-refractivity contribution in [1.29, 1.82) is 0 Å². The van der Waals surface area contributed by atoms with Crippen LogP contribution in [0.3, 0.4) is 0 Å². The predicted molar refractivity (Wildman–Crippen MR) is 137 cm³/mol. The quantitative estimate of drug-likeness (QED) is 0.244. The lowest BCUT2D eigenvalue weighted by molar-refractivity contribution is -0.178. The van der Waals surface area contributed by atoms with Gasteiger partial charge in [0.05, 0.1) is 0 Å². The predicted octanol–water partition coefficient (Wildman–Crippen LogP) is 6.51. The summed E-state index contributed by atoms with van der Waals surface area (Å²) in [6.07, 6.45) is 7.09. The SMILES string of the molecule is CCC(Cl)OC(C(=O)OC1CC(C)CCC(N2CCCC2)C1)(c1ccccc1)c1ccccc1. The van der Waals surface area contributed by atoms with Crippen LogP contribution in [0.4, 0.5) is 0 Å². The average molecular weight is 484 g/mol.